The van der Waals surface area contributed by atoms with E-state index in [0.717, 1.165) is 25.5 Å². The van der Waals surface area contributed by atoms with Crippen molar-refractivity contribution in [2.45, 2.75) is 18.9 Å². The predicted octanol–water partition coefficient (Wildman–Crippen LogP) is 1.56. The van der Waals surface area contributed by atoms with Gasteiger partial charge in [-0.05, 0) is 12.8 Å². The van der Waals surface area contributed by atoms with E-state index in [2.05, 4.69) is 4.98 Å². The van der Waals surface area contributed by atoms with Crippen LogP contribution in [-0.4, -0.2) is 31.3 Å². The van der Waals surface area contributed by atoms with Gasteiger partial charge in [0.1, 0.15) is 0 Å². The molecule has 94 valence electrons. The topological polar surface area (TPSA) is 51.4 Å². The average Bonchev–Trinajstić information content (AvgIpc) is 2.76. The van der Waals surface area contributed by atoms with Crippen LogP contribution in [0.2, 0.25) is 0 Å². The van der Waals surface area contributed by atoms with Crippen LogP contribution in [0.4, 0.5) is 20.4 Å². The van der Waals surface area contributed by atoms with Crippen LogP contribution in [0.5, 0.6) is 0 Å². The number of hydrogen-bond donors (Lipinski definition) is 1. The van der Waals surface area contributed by atoms with E-state index in [1.807, 2.05) is 0 Å². The third-order valence-corrected chi connectivity index (χ3v) is 2.80. The molecular formula is C11H15F2N3O. The lowest BCUT2D eigenvalue weighted by Crippen LogP contribution is -2.30. The molecule has 2 N–H and O–H groups in total. The molecule has 4 nitrogen and oxygen atoms in total. The molecule has 1 aliphatic heterocycles. The second kappa shape index (κ2) is 4.83. The van der Waals surface area contributed by atoms with Crippen LogP contribution >= 0.6 is 0 Å². The lowest BCUT2D eigenvalue weighted by molar-refractivity contribution is 0.116. The summed E-state index contributed by atoms with van der Waals surface area (Å²) in [5.74, 6) is -1.78. The largest absolute Gasteiger partial charge is 0.381 e. The first-order chi connectivity index (χ1) is 8.08. The Morgan fingerprint density at radius 1 is 1.53 bits per heavy atom. The highest BCUT2D eigenvalue weighted by Gasteiger charge is 2.20. The summed E-state index contributed by atoms with van der Waals surface area (Å²) in [5.41, 5.74) is 5.32. The Hall–Kier alpha value is -1.43. The minimum atomic E-state index is -0.836. The Labute approximate surface area is 98.4 Å². The van der Waals surface area contributed by atoms with Gasteiger partial charge < -0.3 is 15.4 Å². The fourth-order valence-electron chi connectivity index (χ4n) is 1.92. The van der Waals surface area contributed by atoms with Crippen LogP contribution in [0.1, 0.15) is 12.8 Å². The zero-order chi connectivity index (χ0) is 12.4. The number of hydrogen-bond acceptors (Lipinski definition) is 4. The number of likely N-dealkylation sites (N-methyl/N-ethyl adjacent to an activating group) is 1. The van der Waals surface area contributed by atoms with Crippen LogP contribution in [-0.2, 0) is 4.74 Å². The van der Waals surface area contributed by atoms with Gasteiger partial charge in [0.05, 0.1) is 6.10 Å². The van der Waals surface area contributed by atoms with Crippen molar-refractivity contribution in [3.63, 3.8) is 0 Å². The number of nitrogen functional groups attached to an aromatic ring is 1. The zero-order valence-corrected chi connectivity index (χ0v) is 9.62. The standard InChI is InChI=1S/C11H15F2N3O/c1-16(6-7-3-2-4-17-7)11-9(13)5-8(12)10(14)15-11/h5,7H,2-4,6H2,1H3,(H2,14,15). The maximum atomic E-state index is 13.5. The summed E-state index contributed by atoms with van der Waals surface area (Å²) in [6, 6.07) is 0.754. The smallest absolute Gasteiger partial charge is 0.168 e. The first-order valence-corrected chi connectivity index (χ1v) is 5.52. The first kappa shape index (κ1) is 12.0. The maximum absolute atomic E-state index is 13.5. The van der Waals surface area contributed by atoms with Gasteiger partial charge in [-0.1, -0.05) is 0 Å². The fourth-order valence-corrected chi connectivity index (χ4v) is 1.92. The van der Waals surface area contributed by atoms with Crippen molar-refractivity contribution in [1.82, 2.24) is 4.98 Å². The fraction of sp³-hybridized carbons (Fsp3) is 0.545. The van der Waals surface area contributed by atoms with Crippen LogP contribution in [0.15, 0.2) is 6.07 Å². The van der Waals surface area contributed by atoms with Crippen molar-refractivity contribution in [2.75, 3.05) is 30.8 Å². The summed E-state index contributed by atoms with van der Waals surface area (Å²) in [7, 11) is 1.68. The first-order valence-electron chi connectivity index (χ1n) is 5.52. The molecule has 1 saturated heterocycles. The van der Waals surface area contributed by atoms with Gasteiger partial charge in [-0.2, -0.15) is 0 Å². The van der Waals surface area contributed by atoms with E-state index in [9.17, 15) is 8.78 Å². The molecule has 1 unspecified atom stereocenters. The number of pyridine rings is 1. The number of anilines is 2. The number of ether oxygens (including phenoxy) is 1. The van der Waals surface area contributed by atoms with Crippen molar-refractivity contribution >= 4 is 11.6 Å². The summed E-state index contributed by atoms with van der Waals surface area (Å²) in [6.07, 6.45) is 2.04. The Morgan fingerprint density at radius 3 is 2.94 bits per heavy atom. The molecule has 2 rings (SSSR count). The van der Waals surface area contributed by atoms with Gasteiger partial charge in [0.25, 0.3) is 0 Å². The Balaban J connectivity index is 2.12. The van der Waals surface area contributed by atoms with E-state index in [1.54, 1.807) is 11.9 Å². The van der Waals surface area contributed by atoms with Gasteiger partial charge in [-0.15, -0.1) is 0 Å². The Bertz CT molecular complexity index is 408. The molecule has 1 aromatic rings. The molecule has 2 heterocycles. The van der Waals surface area contributed by atoms with E-state index >= 15 is 0 Å². The highest BCUT2D eigenvalue weighted by atomic mass is 19.1. The summed E-state index contributed by atoms with van der Waals surface area (Å²) in [6.45, 7) is 1.26. The molecule has 0 saturated carbocycles. The monoisotopic (exact) mass is 243 g/mol. The molecule has 1 fully saturated rings. The minimum absolute atomic E-state index is 0.0550. The zero-order valence-electron chi connectivity index (χ0n) is 9.62. The number of nitrogens with two attached hydrogens (primary N) is 1. The van der Waals surface area contributed by atoms with Crippen LogP contribution in [0.3, 0.4) is 0 Å². The molecule has 1 aromatic heterocycles. The van der Waals surface area contributed by atoms with Crippen molar-refractivity contribution in [2.24, 2.45) is 0 Å². The van der Waals surface area contributed by atoms with Gasteiger partial charge in [0.15, 0.2) is 23.3 Å². The normalized spacial score (nSPS) is 19.6. The lowest BCUT2D eigenvalue weighted by Gasteiger charge is -2.22. The third-order valence-electron chi connectivity index (χ3n) is 2.80. The Morgan fingerprint density at radius 2 is 2.29 bits per heavy atom. The van der Waals surface area contributed by atoms with Crippen molar-refractivity contribution in [1.29, 1.82) is 0 Å². The molecule has 0 spiro atoms. The number of rotatable bonds is 3. The predicted molar refractivity (Wildman–Crippen MR) is 60.8 cm³/mol. The van der Waals surface area contributed by atoms with E-state index in [1.165, 1.54) is 0 Å². The van der Waals surface area contributed by atoms with Gasteiger partial charge in [-0.25, -0.2) is 13.8 Å². The highest BCUT2D eigenvalue weighted by Crippen LogP contribution is 2.21. The molecule has 6 heteroatoms. The molecule has 1 atom stereocenters. The quantitative estimate of drug-likeness (QED) is 0.875. The molecule has 17 heavy (non-hydrogen) atoms. The number of aromatic nitrogens is 1. The summed E-state index contributed by atoms with van der Waals surface area (Å²) < 4.78 is 31.9. The third kappa shape index (κ3) is 2.63. The second-order valence-electron chi connectivity index (χ2n) is 4.18. The van der Waals surface area contributed by atoms with Gasteiger partial charge in [-0.3, -0.25) is 0 Å². The minimum Gasteiger partial charge on any atom is -0.381 e. The summed E-state index contributed by atoms with van der Waals surface area (Å²) >= 11 is 0. The molecule has 0 radical (unpaired) electrons. The van der Waals surface area contributed by atoms with Crippen molar-refractivity contribution < 1.29 is 13.5 Å². The van der Waals surface area contributed by atoms with E-state index in [0.29, 0.717) is 6.54 Å². The van der Waals surface area contributed by atoms with Crippen LogP contribution < -0.4 is 10.6 Å². The number of nitrogens with zero attached hydrogens (tertiary/aromatic N) is 2. The Kier molecular flexibility index (Phi) is 3.42. The summed E-state index contributed by atoms with van der Waals surface area (Å²) in [4.78, 5) is 5.31. The van der Waals surface area contributed by atoms with Crippen LogP contribution in [0.25, 0.3) is 0 Å². The van der Waals surface area contributed by atoms with Gasteiger partial charge in [0, 0.05) is 26.3 Å². The molecule has 0 aliphatic carbocycles. The highest BCUT2D eigenvalue weighted by molar-refractivity contribution is 5.46. The molecule has 1 aliphatic rings. The molecular weight excluding hydrogens is 228 g/mol. The summed E-state index contributed by atoms with van der Waals surface area (Å²) in [5, 5.41) is 0. The SMILES string of the molecule is CN(CC1CCCO1)c1nc(N)c(F)cc1F. The van der Waals surface area contributed by atoms with Crippen molar-refractivity contribution in [3.8, 4) is 0 Å². The lowest BCUT2D eigenvalue weighted by atomic mass is 10.2. The van der Waals surface area contributed by atoms with Crippen LogP contribution in [0, 0.1) is 11.6 Å². The average molecular weight is 243 g/mol. The maximum Gasteiger partial charge on any atom is 0.168 e. The van der Waals surface area contributed by atoms with Crippen molar-refractivity contribution in [3.05, 3.63) is 17.7 Å². The van der Waals surface area contributed by atoms with E-state index in [-0.39, 0.29) is 17.7 Å². The molecule has 0 bridgehead atoms. The van der Waals surface area contributed by atoms with E-state index in [4.69, 9.17) is 10.5 Å². The number of halogens is 2. The van der Waals surface area contributed by atoms with Gasteiger partial charge >= 0.3 is 0 Å². The second-order valence-corrected chi connectivity index (χ2v) is 4.18. The van der Waals surface area contributed by atoms with Gasteiger partial charge in [0.2, 0.25) is 0 Å². The molecule has 0 amide bonds. The molecule has 0 aromatic carbocycles. The van der Waals surface area contributed by atoms with E-state index < -0.39 is 11.6 Å².